The van der Waals surface area contributed by atoms with Crippen LogP contribution in [-0.4, -0.2) is 23.9 Å². The van der Waals surface area contributed by atoms with Crippen molar-refractivity contribution in [3.05, 3.63) is 0 Å². The SMILES string of the molecule is COC1CCCCC1(O)C(C)(C)C#N. The van der Waals surface area contributed by atoms with Crippen LogP contribution in [0.4, 0.5) is 0 Å². The molecule has 3 nitrogen and oxygen atoms in total. The fourth-order valence-corrected chi connectivity index (χ4v) is 2.25. The van der Waals surface area contributed by atoms with Gasteiger partial charge in [-0.1, -0.05) is 12.8 Å². The van der Waals surface area contributed by atoms with Gasteiger partial charge < -0.3 is 9.84 Å². The van der Waals surface area contributed by atoms with Crippen LogP contribution in [0.5, 0.6) is 0 Å². The molecule has 2 atom stereocenters. The number of aliphatic hydroxyl groups is 1. The fourth-order valence-electron chi connectivity index (χ4n) is 2.25. The highest BCUT2D eigenvalue weighted by molar-refractivity contribution is 5.11. The van der Waals surface area contributed by atoms with Crippen LogP contribution in [0.3, 0.4) is 0 Å². The summed E-state index contributed by atoms with van der Waals surface area (Å²) >= 11 is 0. The molecule has 1 fully saturated rings. The summed E-state index contributed by atoms with van der Waals surface area (Å²) in [5, 5.41) is 19.6. The van der Waals surface area contributed by atoms with Gasteiger partial charge in [0.1, 0.15) is 5.60 Å². The number of hydrogen-bond donors (Lipinski definition) is 1. The summed E-state index contributed by atoms with van der Waals surface area (Å²) in [6.07, 6.45) is 3.35. The third-order valence-electron chi connectivity index (χ3n) is 3.45. The summed E-state index contributed by atoms with van der Waals surface area (Å²) < 4.78 is 5.29. The fraction of sp³-hybridized carbons (Fsp3) is 0.909. The Labute approximate surface area is 85.7 Å². The minimum atomic E-state index is -0.991. The van der Waals surface area contributed by atoms with Gasteiger partial charge in [-0.15, -0.1) is 0 Å². The lowest BCUT2D eigenvalue weighted by Crippen LogP contribution is -2.55. The van der Waals surface area contributed by atoms with Crippen LogP contribution < -0.4 is 0 Å². The van der Waals surface area contributed by atoms with Crippen molar-refractivity contribution in [3.63, 3.8) is 0 Å². The number of nitrogens with zero attached hydrogens (tertiary/aromatic N) is 1. The maximum Gasteiger partial charge on any atom is 0.109 e. The second-order valence-corrected chi connectivity index (χ2v) is 4.63. The molecule has 1 N–H and O–H groups in total. The molecule has 0 radical (unpaired) electrons. The van der Waals surface area contributed by atoms with E-state index in [1.807, 2.05) is 0 Å². The van der Waals surface area contributed by atoms with Gasteiger partial charge in [-0.05, 0) is 26.7 Å². The van der Waals surface area contributed by atoms with Gasteiger partial charge in [-0.3, -0.25) is 0 Å². The highest BCUT2D eigenvalue weighted by Crippen LogP contribution is 2.42. The van der Waals surface area contributed by atoms with Crippen molar-refractivity contribution in [3.8, 4) is 6.07 Å². The zero-order valence-electron chi connectivity index (χ0n) is 9.21. The molecular weight excluding hydrogens is 178 g/mol. The molecule has 80 valence electrons. The first-order valence-electron chi connectivity index (χ1n) is 5.14. The molecule has 14 heavy (non-hydrogen) atoms. The van der Waals surface area contributed by atoms with Crippen LogP contribution >= 0.6 is 0 Å². The molecule has 0 saturated heterocycles. The normalized spacial score (nSPS) is 33.8. The van der Waals surface area contributed by atoms with Gasteiger partial charge in [0.15, 0.2) is 0 Å². The standard InChI is InChI=1S/C11H19NO2/c1-10(2,8-12)11(13)7-5-4-6-9(11)14-3/h9,13H,4-7H2,1-3H3. The number of hydrogen-bond acceptors (Lipinski definition) is 3. The van der Waals surface area contributed by atoms with Gasteiger partial charge in [0.05, 0.1) is 17.6 Å². The van der Waals surface area contributed by atoms with Gasteiger partial charge in [-0.2, -0.15) is 5.26 Å². The molecule has 1 saturated carbocycles. The predicted molar refractivity (Wildman–Crippen MR) is 53.6 cm³/mol. The first-order chi connectivity index (χ1) is 6.48. The minimum absolute atomic E-state index is 0.203. The summed E-state index contributed by atoms with van der Waals surface area (Å²) in [6, 6.07) is 2.19. The number of methoxy groups -OCH3 is 1. The highest BCUT2D eigenvalue weighted by Gasteiger charge is 2.51. The summed E-state index contributed by atoms with van der Waals surface area (Å²) in [7, 11) is 1.61. The van der Waals surface area contributed by atoms with E-state index < -0.39 is 11.0 Å². The minimum Gasteiger partial charge on any atom is -0.386 e. The van der Waals surface area contributed by atoms with Crippen LogP contribution in [0, 0.1) is 16.7 Å². The van der Waals surface area contributed by atoms with Crippen LogP contribution in [0.2, 0.25) is 0 Å². The monoisotopic (exact) mass is 197 g/mol. The van der Waals surface area contributed by atoms with Crippen LogP contribution in [0.15, 0.2) is 0 Å². The van der Waals surface area contributed by atoms with E-state index in [0.29, 0.717) is 6.42 Å². The summed E-state index contributed by atoms with van der Waals surface area (Å²) in [5.41, 5.74) is -1.73. The molecule has 3 heteroatoms. The largest absolute Gasteiger partial charge is 0.386 e. The molecule has 0 heterocycles. The Kier molecular flexibility index (Phi) is 3.18. The molecule has 1 aliphatic carbocycles. The van der Waals surface area contributed by atoms with E-state index in [4.69, 9.17) is 10.00 Å². The first kappa shape index (κ1) is 11.5. The van der Waals surface area contributed by atoms with Gasteiger partial charge in [0.25, 0.3) is 0 Å². The van der Waals surface area contributed by atoms with E-state index in [1.165, 1.54) is 0 Å². The molecule has 0 aliphatic heterocycles. The lowest BCUT2D eigenvalue weighted by Gasteiger charge is -2.46. The van der Waals surface area contributed by atoms with Crippen molar-refractivity contribution in [1.82, 2.24) is 0 Å². The van der Waals surface area contributed by atoms with Crippen molar-refractivity contribution in [2.45, 2.75) is 51.2 Å². The van der Waals surface area contributed by atoms with E-state index in [2.05, 4.69) is 6.07 Å². The Morgan fingerprint density at radius 1 is 1.50 bits per heavy atom. The molecule has 1 aliphatic rings. The highest BCUT2D eigenvalue weighted by atomic mass is 16.5. The Morgan fingerprint density at radius 2 is 2.14 bits per heavy atom. The lowest BCUT2D eigenvalue weighted by atomic mass is 9.66. The van der Waals surface area contributed by atoms with Crippen molar-refractivity contribution in [2.75, 3.05) is 7.11 Å². The molecule has 0 bridgehead atoms. The van der Waals surface area contributed by atoms with Crippen molar-refractivity contribution in [1.29, 1.82) is 5.26 Å². The molecule has 0 aromatic rings. The number of ether oxygens (including phenoxy) is 1. The molecule has 0 spiro atoms. The third kappa shape index (κ3) is 1.65. The van der Waals surface area contributed by atoms with E-state index in [0.717, 1.165) is 19.3 Å². The predicted octanol–water partition coefficient (Wildman–Crippen LogP) is 1.86. The average molecular weight is 197 g/mol. The molecule has 1 rings (SSSR count). The van der Waals surface area contributed by atoms with Crippen molar-refractivity contribution >= 4 is 0 Å². The quantitative estimate of drug-likeness (QED) is 0.735. The second kappa shape index (κ2) is 3.88. The van der Waals surface area contributed by atoms with Crippen LogP contribution in [0.1, 0.15) is 39.5 Å². The Hall–Kier alpha value is -0.590. The topological polar surface area (TPSA) is 53.2 Å². The maximum absolute atomic E-state index is 10.5. The summed E-state index contributed by atoms with van der Waals surface area (Å²) in [5.74, 6) is 0. The lowest BCUT2D eigenvalue weighted by molar-refractivity contribution is -0.161. The van der Waals surface area contributed by atoms with Crippen molar-refractivity contribution < 1.29 is 9.84 Å². The summed E-state index contributed by atoms with van der Waals surface area (Å²) in [6.45, 7) is 3.56. The molecule has 0 aromatic carbocycles. The Balaban J connectivity index is 2.94. The van der Waals surface area contributed by atoms with E-state index in [-0.39, 0.29) is 6.10 Å². The molecule has 0 amide bonds. The molecule has 0 aromatic heterocycles. The molecule has 2 unspecified atom stereocenters. The second-order valence-electron chi connectivity index (χ2n) is 4.63. The van der Waals surface area contributed by atoms with E-state index >= 15 is 0 Å². The van der Waals surface area contributed by atoms with Crippen LogP contribution in [0.25, 0.3) is 0 Å². The summed E-state index contributed by atoms with van der Waals surface area (Å²) in [4.78, 5) is 0. The number of nitriles is 1. The smallest absolute Gasteiger partial charge is 0.109 e. The average Bonchev–Trinajstić information content (AvgIpc) is 2.18. The first-order valence-corrected chi connectivity index (χ1v) is 5.14. The van der Waals surface area contributed by atoms with Crippen LogP contribution in [-0.2, 0) is 4.74 Å². The number of rotatable bonds is 2. The van der Waals surface area contributed by atoms with E-state index in [1.54, 1.807) is 21.0 Å². The molecular formula is C11H19NO2. The third-order valence-corrected chi connectivity index (χ3v) is 3.45. The Morgan fingerprint density at radius 3 is 2.64 bits per heavy atom. The Bertz CT molecular complexity index is 244. The zero-order chi connectivity index (χ0) is 10.8. The maximum atomic E-state index is 10.5. The zero-order valence-corrected chi connectivity index (χ0v) is 9.21. The van der Waals surface area contributed by atoms with E-state index in [9.17, 15) is 5.11 Å². The van der Waals surface area contributed by atoms with Gasteiger partial charge in [0.2, 0.25) is 0 Å². The van der Waals surface area contributed by atoms with Gasteiger partial charge >= 0.3 is 0 Å². The van der Waals surface area contributed by atoms with Gasteiger partial charge in [0, 0.05) is 7.11 Å². The van der Waals surface area contributed by atoms with Crippen molar-refractivity contribution in [2.24, 2.45) is 5.41 Å². The van der Waals surface area contributed by atoms with Gasteiger partial charge in [-0.25, -0.2) is 0 Å².